The number of amides is 1. The maximum absolute atomic E-state index is 11.6. The van der Waals surface area contributed by atoms with Crippen LogP contribution in [0.2, 0.25) is 0 Å². The van der Waals surface area contributed by atoms with E-state index in [-0.39, 0.29) is 19.4 Å². The number of aliphatic carboxylic acids is 1. The van der Waals surface area contributed by atoms with E-state index in [1.165, 1.54) is 0 Å². The number of ether oxygens (including phenoxy) is 1. The van der Waals surface area contributed by atoms with Gasteiger partial charge in [0.1, 0.15) is 5.54 Å². The fraction of sp³-hybridized carbons (Fsp3) is 0.750. The van der Waals surface area contributed by atoms with Crippen molar-refractivity contribution in [2.24, 2.45) is 0 Å². The number of hydrogen-bond acceptors (Lipinski definition) is 4. The molecule has 6 nitrogen and oxygen atoms in total. The normalized spacial score (nSPS) is 17.2. The third kappa shape index (κ3) is 3.72. The lowest BCUT2D eigenvalue weighted by Crippen LogP contribution is -2.52. The van der Waals surface area contributed by atoms with Gasteiger partial charge in [-0.2, -0.15) is 0 Å². The van der Waals surface area contributed by atoms with Crippen molar-refractivity contribution in [2.75, 3.05) is 6.61 Å². The minimum absolute atomic E-state index is 0.0185. The summed E-state index contributed by atoms with van der Waals surface area (Å²) in [6, 6.07) is 0. The van der Waals surface area contributed by atoms with Crippen LogP contribution in [0.15, 0.2) is 0 Å². The number of esters is 1. The molecular weight excluding hydrogens is 238 g/mol. The Balaban J connectivity index is 2.43. The molecule has 1 saturated carbocycles. The number of nitrogens with one attached hydrogen (secondary N) is 1. The average molecular weight is 257 g/mol. The van der Waals surface area contributed by atoms with Gasteiger partial charge in [-0.25, -0.2) is 4.79 Å². The van der Waals surface area contributed by atoms with E-state index in [1.54, 1.807) is 6.92 Å². The lowest BCUT2D eigenvalue weighted by molar-refractivity contribution is -0.148. The number of carbonyl (C=O) groups is 3. The van der Waals surface area contributed by atoms with Gasteiger partial charge >= 0.3 is 11.9 Å². The predicted octanol–water partition coefficient (Wildman–Crippen LogP) is 0.843. The van der Waals surface area contributed by atoms with Crippen molar-refractivity contribution in [2.45, 2.75) is 51.0 Å². The van der Waals surface area contributed by atoms with Crippen LogP contribution in [0.25, 0.3) is 0 Å². The lowest BCUT2D eigenvalue weighted by atomic mass is 9.97. The summed E-state index contributed by atoms with van der Waals surface area (Å²) in [5, 5.41) is 11.7. The van der Waals surface area contributed by atoms with E-state index in [0.29, 0.717) is 12.8 Å². The van der Waals surface area contributed by atoms with E-state index < -0.39 is 23.4 Å². The van der Waals surface area contributed by atoms with Crippen LogP contribution in [-0.4, -0.2) is 35.1 Å². The van der Waals surface area contributed by atoms with E-state index in [1.807, 2.05) is 0 Å². The zero-order valence-electron chi connectivity index (χ0n) is 10.5. The molecule has 1 rings (SSSR count). The number of carbonyl (C=O) groups excluding carboxylic acids is 2. The summed E-state index contributed by atoms with van der Waals surface area (Å²) in [6.07, 6.45) is 2.44. The minimum Gasteiger partial charge on any atom is -0.480 e. The van der Waals surface area contributed by atoms with Crippen LogP contribution in [0.4, 0.5) is 0 Å². The summed E-state index contributed by atoms with van der Waals surface area (Å²) >= 11 is 0. The molecule has 6 heteroatoms. The van der Waals surface area contributed by atoms with Gasteiger partial charge in [0.25, 0.3) is 0 Å². The van der Waals surface area contributed by atoms with Crippen molar-refractivity contribution in [3.63, 3.8) is 0 Å². The molecule has 1 aliphatic carbocycles. The van der Waals surface area contributed by atoms with Crippen molar-refractivity contribution in [3.8, 4) is 0 Å². The van der Waals surface area contributed by atoms with Crippen LogP contribution in [0.3, 0.4) is 0 Å². The summed E-state index contributed by atoms with van der Waals surface area (Å²) in [5.74, 6) is -1.85. The second kappa shape index (κ2) is 6.37. The summed E-state index contributed by atoms with van der Waals surface area (Å²) in [5.41, 5.74) is -1.13. The first kappa shape index (κ1) is 14.5. The second-order valence-corrected chi connectivity index (χ2v) is 4.45. The highest BCUT2D eigenvalue weighted by Gasteiger charge is 2.42. The molecule has 0 aromatic rings. The first-order valence-corrected chi connectivity index (χ1v) is 6.20. The number of carboxylic acids is 1. The largest absolute Gasteiger partial charge is 0.480 e. The Kier molecular flexibility index (Phi) is 5.12. The Labute approximate surface area is 106 Å². The van der Waals surface area contributed by atoms with Crippen molar-refractivity contribution < 1.29 is 24.2 Å². The highest BCUT2D eigenvalue weighted by molar-refractivity contribution is 5.88. The zero-order valence-corrected chi connectivity index (χ0v) is 10.5. The van der Waals surface area contributed by atoms with Crippen LogP contribution in [0.1, 0.15) is 45.4 Å². The summed E-state index contributed by atoms with van der Waals surface area (Å²) in [4.78, 5) is 33.9. The van der Waals surface area contributed by atoms with Gasteiger partial charge in [0.15, 0.2) is 0 Å². The lowest BCUT2D eigenvalue weighted by Gasteiger charge is -2.25. The van der Waals surface area contributed by atoms with E-state index in [9.17, 15) is 14.4 Å². The third-order valence-electron chi connectivity index (χ3n) is 3.11. The monoisotopic (exact) mass is 257 g/mol. The fourth-order valence-electron chi connectivity index (χ4n) is 2.15. The molecule has 0 bridgehead atoms. The first-order chi connectivity index (χ1) is 8.50. The van der Waals surface area contributed by atoms with Gasteiger partial charge < -0.3 is 15.2 Å². The fourth-order valence-corrected chi connectivity index (χ4v) is 2.15. The molecule has 18 heavy (non-hydrogen) atoms. The molecule has 0 heterocycles. The predicted molar refractivity (Wildman–Crippen MR) is 62.8 cm³/mol. The Bertz CT molecular complexity index is 333. The average Bonchev–Trinajstić information content (AvgIpc) is 2.77. The van der Waals surface area contributed by atoms with Crippen LogP contribution in [-0.2, 0) is 19.1 Å². The van der Waals surface area contributed by atoms with Gasteiger partial charge in [-0.15, -0.1) is 0 Å². The summed E-state index contributed by atoms with van der Waals surface area (Å²) in [6.45, 7) is 1.97. The SMILES string of the molecule is CCOC(=O)CCC(=O)NC1(C(=O)O)CCCC1. The molecular formula is C12H19NO5. The molecule has 1 amide bonds. The number of carboxylic acid groups (broad SMARTS) is 1. The Morgan fingerprint density at radius 2 is 1.83 bits per heavy atom. The standard InChI is InChI=1S/C12H19NO5/c1-2-18-10(15)6-5-9(14)13-12(11(16)17)7-3-4-8-12/h2-8H2,1H3,(H,13,14)(H,16,17). The van der Waals surface area contributed by atoms with Gasteiger partial charge in [0.2, 0.25) is 5.91 Å². The van der Waals surface area contributed by atoms with Crippen molar-refractivity contribution >= 4 is 17.8 Å². The molecule has 0 radical (unpaired) electrons. The highest BCUT2D eigenvalue weighted by Crippen LogP contribution is 2.30. The maximum Gasteiger partial charge on any atom is 0.329 e. The molecule has 1 aliphatic rings. The molecule has 102 valence electrons. The Morgan fingerprint density at radius 1 is 1.22 bits per heavy atom. The van der Waals surface area contributed by atoms with E-state index >= 15 is 0 Å². The zero-order chi connectivity index (χ0) is 13.6. The van der Waals surface area contributed by atoms with E-state index in [4.69, 9.17) is 9.84 Å². The van der Waals surface area contributed by atoms with Crippen molar-refractivity contribution in [1.29, 1.82) is 0 Å². The van der Waals surface area contributed by atoms with Crippen LogP contribution >= 0.6 is 0 Å². The van der Waals surface area contributed by atoms with Crippen molar-refractivity contribution in [1.82, 2.24) is 5.32 Å². The number of hydrogen-bond donors (Lipinski definition) is 2. The minimum atomic E-state index is -1.13. The Morgan fingerprint density at radius 3 is 2.33 bits per heavy atom. The van der Waals surface area contributed by atoms with Gasteiger partial charge in [-0.1, -0.05) is 12.8 Å². The third-order valence-corrected chi connectivity index (χ3v) is 3.11. The molecule has 1 fully saturated rings. The molecule has 0 saturated heterocycles. The maximum atomic E-state index is 11.6. The van der Waals surface area contributed by atoms with Crippen LogP contribution in [0, 0.1) is 0 Å². The Hall–Kier alpha value is -1.59. The van der Waals surface area contributed by atoms with Crippen LogP contribution in [0.5, 0.6) is 0 Å². The van der Waals surface area contributed by atoms with Crippen molar-refractivity contribution in [3.05, 3.63) is 0 Å². The number of rotatable bonds is 6. The highest BCUT2D eigenvalue weighted by atomic mass is 16.5. The van der Waals surface area contributed by atoms with Gasteiger partial charge in [0, 0.05) is 6.42 Å². The van der Waals surface area contributed by atoms with Gasteiger partial charge in [-0.3, -0.25) is 9.59 Å². The first-order valence-electron chi connectivity index (χ1n) is 6.20. The molecule has 2 N–H and O–H groups in total. The molecule has 0 aromatic carbocycles. The smallest absolute Gasteiger partial charge is 0.329 e. The summed E-state index contributed by atoms with van der Waals surface area (Å²) < 4.78 is 4.70. The second-order valence-electron chi connectivity index (χ2n) is 4.45. The molecule has 0 atom stereocenters. The van der Waals surface area contributed by atoms with E-state index in [0.717, 1.165) is 12.8 Å². The van der Waals surface area contributed by atoms with Crippen LogP contribution < -0.4 is 5.32 Å². The molecule has 0 aromatic heterocycles. The molecule has 0 spiro atoms. The molecule has 0 aliphatic heterocycles. The topological polar surface area (TPSA) is 92.7 Å². The quantitative estimate of drug-likeness (QED) is 0.688. The molecule has 0 unspecified atom stereocenters. The van der Waals surface area contributed by atoms with Gasteiger partial charge in [-0.05, 0) is 19.8 Å². The van der Waals surface area contributed by atoms with E-state index in [2.05, 4.69) is 5.32 Å². The van der Waals surface area contributed by atoms with Gasteiger partial charge in [0.05, 0.1) is 13.0 Å². The summed E-state index contributed by atoms with van der Waals surface area (Å²) in [7, 11) is 0.